The van der Waals surface area contributed by atoms with E-state index in [9.17, 15) is 14.4 Å². The highest BCUT2D eigenvalue weighted by atomic mass is 79.9. The van der Waals surface area contributed by atoms with Gasteiger partial charge in [0.2, 0.25) is 0 Å². The number of hydrogen-bond donors (Lipinski definition) is 1. The molecule has 0 unspecified atom stereocenters. The van der Waals surface area contributed by atoms with Crippen LogP contribution in [0.25, 0.3) is 0 Å². The number of hydrazone groups is 1. The second-order valence-electron chi connectivity index (χ2n) is 6.66. The van der Waals surface area contributed by atoms with E-state index in [0.717, 1.165) is 4.47 Å². The average molecular weight is 483 g/mol. The van der Waals surface area contributed by atoms with Crippen molar-refractivity contribution in [2.24, 2.45) is 11.0 Å². The minimum atomic E-state index is -0.828. The minimum Gasteiger partial charge on any atom is -0.298 e. The van der Waals surface area contributed by atoms with Gasteiger partial charge in [-0.25, -0.2) is 0 Å². The molecule has 4 rings (SSSR count). The van der Waals surface area contributed by atoms with Crippen LogP contribution in [0.3, 0.4) is 0 Å². The molecule has 9 heteroatoms. The molecule has 3 amide bonds. The van der Waals surface area contributed by atoms with Gasteiger partial charge in [0.25, 0.3) is 17.7 Å². The van der Waals surface area contributed by atoms with Crippen molar-refractivity contribution in [3.8, 4) is 0 Å². The van der Waals surface area contributed by atoms with Crippen molar-refractivity contribution in [2.45, 2.75) is 6.92 Å². The van der Waals surface area contributed by atoms with Crippen molar-refractivity contribution in [1.82, 2.24) is 5.32 Å². The summed E-state index contributed by atoms with van der Waals surface area (Å²) >= 11 is 8.56. The molecule has 0 saturated carbocycles. The Hall–Kier alpha value is -3.17. The molecule has 1 atom stereocenters. The summed E-state index contributed by atoms with van der Waals surface area (Å²) < 4.78 is 0.755. The molecule has 2 aliphatic rings. The maximum atomic E-state index is 13.1. The number of carbonyl (C=O) groups is 3. The molecule has 0 bridgehead atoms. The molecule has 2 heterocycles. The normalized spacial score (nSPS) is 20.7. The van der Waals surface area contributed by atoms with Crippen LogP contribution in [0.5, 0.6) is 0 Å². The van der Waals surface area contributed by atoms with Gasteiger partial charge in [-0.1, -0.05) is 40.2 Å². The Morgan fingerprint density at radius 1 is 1.07 bits per heavy atom. The lowest BCUT2D eigenvalue weighted by Gasteiger charge is -2.29. The van der Waals surface area contributed by atoms with Crippen LogP contribution in [0.2, 0.25) is 0 Å². The number of carbonyl (C=O) groups excluding carboxylic acids is 3. The Morgan fingerprint density at radius 3 is 2.47 bits per heavy atom. The molecule has 30 heavy (non-hydrogen) atoms. The number of para-hydroxylation sites is 1. The third kappa shape index (κ3) is 3.57. The first-order chi connectivity index (χ1) is 14.4. The molecule has 2 aromatic rings. The first kappa shape index (κ1) is 20.1. The van der Waals surface area contributed by atoms with E-state index in [1.807, 2.05) is 12.1 Å². The molecule has 2 aromatic carbocycles. The third-order valence-corrected chi connectivity index (χ3v) is 5.46. The van der Waals surface area contributed by atoms with Crippen LogP contribution in [-0.4, -0.2) is 28.5 Å². The number of rotatable bonds is 3. The minimum absolute atomic E-state index is 0.0192. The SMILES string of the molecule is CC1=NN(c2ccccc2)C(=O)[C@H]1/C=C1\C(=O)NC(=S)N(c2cccc(Br)c2)C1=O. The lowest BCUT2D eigenvalue weighted by Crippen LogP contribution is -2.54. The summed E-state index contributed by atoms with van der Waals surface area (Å²) in [5.74, 6) is -2.41. The van der Waals surface area contributed by atoms with Crippen molar-refractivity contribution in [1.29, 1.82) is 0 Å². The number of anilines is 2. The van der Waals surface area contributed by atoms with Crippen molar-refractivity contribution in [3.63, 3.8) is 0 Å². The molecule has 0 spiro atoms. The third-order valence-electron chi connectivity index (χ3n) is 4.68. The summed E-state index contributed by atoms with van der Waals surface area (Å²) in [7, 11) is 0. The standard InChI is InChI=1S/C21H15BrN4O3S/c1-12-16(20(29)26(24-12)14-7-3-2-4-8-14)11-17-18(27)23-21(30)25(19(17)28)15-9-5-6-13(22)10-15/h2-11,16H,1H3,(H,23,27,30)/b17-11+/t16-/m0/s1. The lowest BCUT2D eigenvalue weighted by atomic mass is 9.98. The predicted molar refractivity (Wildman–Crippen MR) is 121 cm³/mol. The summed E-state index contributed by atoms with van der Waals surface area (Å²) in [4.78, 5) is 39.8. The average Bonchev–Trinajstić information content (AvgIpc) is 2.99. The Kier molecular flexibility index (Phi) is 5.31. The number of nitrogens with one attached hydrogen (secondary N) is 1. The number of benzene rings is 2. The van der Waals surface area contributed by atoms with E-state index >= 15 is 0 Å². The highest BCUT2D eigenvalue weighted by Crippen LogP contribution is 2.28. The molecule has 0 aromatic heterocycles. The van der Waals surface area contributed by atoms with E-state index in [1.165, 1.54) is 16.0 Å². The number of thiocarbonyl (C=S) groups is 1. The van der Waals surface area contributed by atoms with E-state index in [2.05, 4.69) is 26.3 Å². The number of hydrogen-bond acceptors (Lipinski definition) is 5. The lowest BCUT2D eigenvalue weighted by molar-refractivity contribution is -0.122. The van der Waals surface area contributed by atoms with Crippen LogP contribution in [0.15, 0.2) is 75.8 Å². The Morgan fingerprint density at radius 2 is 1.77 bits per heavy atom. The molecule has 0 aliphatic carbocycles. The number of amides is 3. The van der Waals surface area contributed by atoms with Crippen LogP contribution in [-0.2, 0) is 14.4 Å². The van der Waals surface area contributed by atoms with Crippen LogP contribution in [0.1, 0.15) is 6.92 Å². The quantitative estimate of drug-likeness (QED) is 0.413. The zero-order chi connectivity index (χ0) is 21.4. The fourth-order valence-electron chi connectivity index (χ4n) is 3.22. The second-order valence-corrected chi connectivity index (χ2v) is 7.97. The summed E-state index contributed by atoms with van der Waals surface area (Å²) in [5.41, 5.74) is 1.43. The smallest absolute Gasteiger partial charge is 0.269 e. The van der Waals surface area contributed by atoms with Gasteiger partial charge < -0.3 is 0 Å². The van der Waals surface area contributed by atoms with Crippen molar-refractivity contribution in [3.05, 3.63) is 70.7 Å². The van der Waals surface area contributed by atoms with Crippen LogP contribution >= 0.6 is 28.1 Å². The Balaban J connectivity index is 1.68. The van der Waals surface area contributed by atoms with Gasteiger partial charge in [-0.2, -0.15) is 10.1 Å². The molecule has 150 valence electrons. The van der Waals surface area contributed by atoms with Crippen molar-refractivity contribution in [2.75, 3.05) is 9.91 Å². The summed E-state index contributed by atoms with van der Waals surface area (Å²) in [6.07, 6.45) is 1.36. The van der Waals surface area contributed by atoms with Gasteiger partial charge in [0.15, 0.2) is 5.11 Å². The van der Waals surface area contributed by atoms with Gasteiger partial charge in [0, 0.05) is 4.47 Å². The molecule has 7 nitrogen and oxygen atoms in total. The van der Waals surface area contributed by atoms with Gasteiger partial charge >= 0.3 is 0 Å². The van der Waals surface area contributed by atoms with E-state index in [-0.39, 0.29) is 16.6 Å². The first-order valence-electron chi connectivity index (χ1n) is 8.98. The molecule has 2 aliphatic heterocycles. The number of nitrogens with zero attached hydrogens (tertiary/aromatic N) is 3. The van der Waals surface area contributed by atoms with Gasteiger partial charge in [-0.05, 0) is 55.5 Å². The zero-order valence-electron chi connectivity index (χ0n) is 15.7. The summed E-state index contributed by atoms with van der Waals surface area (Å²) in [6, 6.07) is 15.9. The highest BCUT2D eigenvalue weighted by Gasteiger charge is 2.39. The largest absolute Gasteiger partial charge is 0.298 e. The van der Waals surface area contributed by atoms with E-state index < -0.39 is 17.7 Å². The molecule has 1 fully saturated rings. The van der Waals surface area contributed by atoms with Gasteiger partial charge in [-0.15, -0.1) is 0 Å². The highest BCUT2D eigenvalue weighted by molar-refractivity contribution is 9.10. The van der Waals surface area contributed by atoms with Gasteiger partial charge in [-0.3, -0.25) is 24.6 Å². The molecule has 1 N–H and O–H groups in total. The Labute approximate surface area is 186 Å². The van der Waals surface area contributed by atoms with Crippen molar-refractivity contribution < 1.29 is 14.4 Å². The maximum Gasteiger partial charge on any atom is 0.269 e. The van der Waals surface area contributed by atoms with E-state index in [0.29, 0.717) is 17.1 Å². The molecular formula is C21H15BrN4O3S. The van der Waals surface area contributed by atoms with Crippen LogP contribution < -0.4 is 15.2 Å². The van der Waals surface area contributed by atoms with Gasteiger partial charge in [0.1, 0.15) is 5.57 Å². The van der Waals surface area contributed by atoms with E-state index in [4.69, 9.17) is 12.2 Å². The fraction of sp³-hybridized carbons (Fsp3) is 0.0952. The Bertz CT molecular complexity index is 1150. The maximum absolute atomic E-state index is 13.1. The molecule has 1 saturated heterocycles. The van der Waals surface area contributed by atoms with E-state index in [1.54, 1.807) is 49.4 Å². The topological polar surface area (TPSA) is 82.1 Å². The first-order valence-corrected chi connectivity index (χ1v) is 10.2. The monoisotopic (exact) mass is 482 g/mol. The number of halogens is 1. The van der Waals surface area contributed by atoms with Crippen LogP contribution in [0.4, 0.5) is 11.4 Å². The van der Waals surface area contributed by atoms with Crippen LogP contribution in [0, 0.1) is 5.92 Å². The summed E-state index contributed by atoms with van der Waals surface area (Å²) in [6.45, 7) is 1.69. The molecule has 0 radical (unpaired) electrons. The predicted octanol–water partition coefficient (Wildman–Crippen LogP) is 3.16. The molecular weight excluding hydrogens is 468 g/mol. The second kappa shape index (κ2) is 7.92. The zero-order valence-corrected chi connectivity index (χ0v) is 18.1. The van der Waals surface area contributed by atoms with Crippen molar-refractivity contribution >= 4 is 68.1 Å². The summed E-state index contributed by atoms with van der Waals surface area (Å²) in [5, 5.41) is 8.09. The fourth-order valence-corrected chi connectivity index (χ4v) is 3.89. The van der Waals surface area contributed by atoms with Gasteiger partial charge in [0.05, 0.1) is 23.0 Å².